The van der Waals surface area contributed by atoms with E-state index in [1.807, 2.05) is 6.92 Å². The molecular formula is C24H34N4O8. The minimum atomic E-state index is -1.23. The lowest BCUT2D eigenvalue weighted by Gasteiger charge is -2.19. The van der Waals surface area contributed by atoms with Crippen LogP contribution in [0.15, 0.2) is 29.4 Å². The summed E-state index contributed by atoms with van der Waals surface area (Å²) in [4.78, 5) is 52.7. The van der Waals surface area contributed by atoms with Gasteiger partial charge >= 0.3 is 18.2 Å². The third-order valence-corrected chi connectivity index (χ3v) is 4.73. The summed E-state index contributed by atoms with van der Waals surface area (Å²) >= 11 is 0. The number of amides is 2. The zero-order chi connectivity index (χ0) is 26.7. The quantitative estimate of drug-likeness (QED) is 0.245. The highest BCUT2D eigenvalue weighted by molar-refractivity contribution is 6.02. The molecule has 0 saturated heterocycles. The molecule has 12 nitrogen and oxygen atoms in total. The molecule has 4 N–H and O–H groups in total. The van der Waals surface area contributed by atoms with E-state index in [0.29, 0.717) is 24.2 Å². The molecule has 0 aromatic heterocycles. The molecule has 1 aliphatic rings. The van der Waals surface area contributed by atoms with Crippen molar-refractivity contribution in [3.8, 4) is 0 Å². The summed E-state index contributed by atoms with van der Waals surface area (Å²) in [5, 5.41) is 9.20. The molecule has 0 spiro atoms. The molecule has 2 atom stereocenters. The fraction of sp³-hybridized carbons (Fsp3) is 0.542. The Morgan fingerprint density at radius 3 is 2.53 bits per heavy atom. The van der Waals surface area contributed by atoms with Gasteiger partial charge < -0.3 is 30.1 Å². The topological polar surface area (TPSA) is 168 Å². The van der Waals surface area contributed by atoms with Crippen LogP contribution in [0.2, 0.25) is 0 Å². The minimum absolute atomic E-state index is 0.00783. The number of carbonyl (C=O) groups is 4. The number of nitrogens with one attached hydrogen (secondary N) is 2. The summed E-state index contributed by atoms with van der Waals surface area (Å²) in [5.74, 6) is -1.40. The number of nitrogens with zero attached hydrogens (tertiary/aromatic N) is 1. The number of unbranched alkanes of at least 4 members (excludes halogenated alkanes) is 1. The van der Waals surface area contributed by atoms with Gasteiger partial charge in [0.25, 0.3) is 0 Å². The van der Waals surface area contributed by atoms with Crippen LogP contribution in [0.3, 0.4) is 0 Å². The van der Waals surface area contributed by atoms with Crippen LogP contribution in [0.25, 0.3) is 0 Å². The van der Waals surface area contributed by atoms with Crippen LogP contribution in [0.1, 0.15) is 58.9 Å². The first kappa shape index (κ1) is 28.6. The van der Waals surface area contributed by atoms with Gasteiger partial charge in [-0.25, -0.2) is 14.4 Å². The molecule has 1 aromatic rings. The summed E-state index contributed by atoms with van der Waals surface area (Å²) in [7, 11) is 0. The van der Waals surface area contributed by atoms with Gasteiger partial charge in [-0.3, -0.25) is 10.1 Å². The lowest BCUT2D eigenvalue weighted by molar-refractivity contribution is -0.141. The van der Waals surface area contributed by atoms with Crippen molar-refractivity contribution < 1.29 is 38.2 Å². The van der Waals surface area contributed by atoms with Gasteiger partial charge in [-0.15, -0.1) is 0 Å². The normalized spacial score (nSPS) is 15.7. The van der Waals surface area contributed by atoms with Gasteiger partial charge in [-0.1, -0.05) is 30.6 Å². The molecule has 1 aliphatic heterocycles. The first-order valence-corrected chi connectivity index (χ1v) is 11.7. The Balaban J connectivity index is 1.72. The number of oxime groups is 1. The molecule has 0 radical (unpaired) electrons. The van der Waals surface area contributed by atoms with E-state index >= 15 is 0 Å². The van der Waals surface area contributed by atoms with Crippen molar-refractivity contribution in [2.75, 3.05) is 18.5 Å². The van der Waals surface area contributed by atoms with E-state index in [2.05, 4.69) is 20.5 Å². The molecule has 0 saturated carbocycles. The molecule has 12 heteroatoms. The molecular weight excluding hydrogens is 472 g/mol. The maximum atomic E-state index is 12.2. The second-order valence-corrected chi connectivity index (χ2v) is 9.16. The van der Waals surface area contributed by atoms with E-state index in [1.54, 1.807) is 45.0 Å². The Kier molecular flexibility index (Phi) is 10.7. The molecule has 0 aliphatic carbocycles. The number of esters is 1. The molecule has 1 heterocycles. The van der Waals surface area contributed by atoms with Crippen LogP contribution in [0, 0.1) is 0 Å². The van der Waals surface area contributed by atoms with E-state index in [4.69, 9.17) is 20.0 Å². The fourth-order valence-corrected chi connectivity index (χ4v) is 2.95. The predicted octanol–water partition coefficient (Wildman–Crippen LogP) is 2.84. The number of ether oxygens (including phenoxy) is 3. The third kappa shape index (κ3) is 10.3. The largest absolute Gasteiger partial charge is 0.516 e. The summed E-state index contributed by atoms with van der Waals surface area (Å²) < 4.78 is 14.4. The van der Waals surface area contributed by atoms with Crippen molar-refractivity contribution in [2.45, 2.75) is 71.1 Å². The summed E-state index contributed by atoms with van der Waals surface area (Å²) in [6, 6.07) is 5.74. The second kappa shape index (κ2) is 13.4. The van der Waals surface area contributed by atoms with E-state index in [1.165, 1.54) is 0 Å². The predicted molar refractivity (Wildman–Crippen MR) is 130 cm³/mol. The van der Waals surface area contributed by atoms with Gasteiger partial charge in [0.1, 0.15) is 17.7 Å². The maximum Gasteiger partial charge on any atom is 0.516 e. The van der Waals surface area contributed by atoms with Gasteiger partial charge in [0.05, 0.1) is 18.7 Å². The summed E-state index contributed by atoms with van der Waals surface area (Å²) in [6.07, 6.45) is -0.303. The number of nitrogens with two attached hydrogens (primary N) is 1. The average Bonchev–Trinajstić information content (AvgIpc) is 3.25. The fourth-order valence-electron chi connectivity index (χ4n) is 2.95. The molecule has 1 aromatic carbocycles. The number of benzene rings is 1. The van der Waals surface area contributed by atoms with Crippen molar-refractivity contribution in [1.82, 2.24) is 5.32 Å². The van der Waals surface area contributed by atoms with Gasteiger partial charge in [-0.05, 0) is 44.9 Å². The molecule has 198 valence electrons. The lowest BCUT2D eigenvalue weighted by atomic mass is 10.0. The zero-order valence-electron chi connectivity index (χ0n) is 21.0. The van der Waals surface area contributed by atoms with Crippen molar-refractivity contribution in [1.29, 1.82) is 0 Å². The molecule has 2 amide bonds. The number of rotatable bonds is 10. The van der Waals surface area contributed by atoms with Crippen molar-refractivity contribution in [3.63, 3.8) is 0 Å². The first-order valence-electron chi connectivity index (χ1n) is 11.7. The average molecular weight is 507 g/mol. The van der Waals surface area contributed by atoms with Gasteiger partial charge in [0, 0.05) is 18.7 Å². The zero-order valence-corrected chi connectivity index (χ0v) is 21.0. The SMILES string of the molecule is CCCCOC(=O)OC(=O)C(N)CNC(=O)C[C@@H]1CC(c2ccc(NC(=O)OC(C)(C)C)cc2)=NO1. The van der Waals surface area contributed by atoms with Crippen LogP contribution < -0.4 is 16.4 Å². The number of hydrogen-bond donors (Lipinski definition) is 3. The van der Waals surface area contributed by atoms with Crippen molar-refractivity contribution in [3.05, 3.63) is 29.8 Å². The standard InChI is InChI=1S/C24H34N4O8/c1-5-6-11-33-23(32)34-21(30)18(25)14-26-20(29)13-17-12-19(28-36-17)15-7-9-16(10-8-15)27-22(31)35-24(2,3)4/h7-10,17-18H,5-6,11-14,25H2,1-4H3,(H,26,29)(H,27,31)/t17-,18?/m0/s1. The highest BCUT2D eigenvalue weighted by atomic mass is 16.7. The monoisotopic (exact) mass is 506 g/mol. The Labute approximate surface area is 209 Å². The van der Waals surface area contributed by atoms with Crippen LogP contribution in [0.5, 0.6) is 0 Å². The van der Waals surface area contributed by atoms with Crippen LogP contribution in [0.4, 0.5) is 15.3 Å². The Hall–Kier alpha value is -3.67. The van der Waals surface area contributed by atoms with Crippen LogP contribution in [-0.4, -0.2) is 60.7 Å². The molecule has 1 unspecified atom stereocenters. The van der Waals surface area contributed by atoms with E-state index < -0.39 is 41.9 Å². The maximum absolute atomic E-state index is 12.2. The smallest absolute Gasteiger partial charge is 0.444 e. The van der Waals surface area contributed by atoms with Crippen molar-refractivity contribution >= 4 is 35.5 Å². The van der Waals surface area contributed by atoms with E-state index in [-0.39, 0.29) is 19.6 Å². The van der Waals surface area contributed by atoms with Crippen LogP contribution >= 0.6 is 0 Å². The summed E-state index contributed by atoms with van der Waals surface area (Å²) in [6.45, 7) is 7.19. The minimum Gasteiger partial charge on any atom is -0.444 e. The van der Waals surface area contributed by atoms with Gasteiger partial charge in [-0.2, -0.15) is 0 Å². The number of hydrogen-bond acceptors (Lipinski definition) is 10. The highest BCUT2D eigenvalue weighted by Gasteiger charge is 2.26. The second-order valence-electron chi connectivity index (χ2n) is 9.16. The van der Waals surface area contributed by atoms with Gasteiger partial charge in [0.15, 0.2) is 0 Å². The van der Waals surface area contributed by atoms with E-state index in [0.717, 1.165) is 12.0 Å². The summed E-state index contributed by atoms with van der Waals surface area (Å²) in [5.41, 5.74) is 7.06. The van der Waals surface area contributed by atoms with Crippen molar-refractivity contribution in [2.24, 2.45) is 10.9 Å². The van der Waals surface area contributed by atoms with E-state index in [9.17, 15) is 19.2 Å². The Bertz CT molecular complexity index is 956. The van der Waals surface area contributed by atoms with Gasteiger partial charge in [0.2, 0.25) is 5.91 Å². The molecule has 36 heavy (non-hydrogen) atoms. The molecule has 0 fully saturated rings. The first-order chi connectivity index (χ1) is 17.0. The molecule has 0 bridgehead atoms. The lowest BCUT2D eigenvalue weighted by Crippen LogP contribution is -2.44. The number of carbonyl (C=O) groups excluding carboxylic acids is 4. The third-order valence-electron chi connectivity index (χ3n) is 4.73. The number of anilines is 1. The Morgan fingerprint density at radius 1 is 1.19 bits per heavy atom. The Morgan fingerprint density at radius 2 is 1.89 bits per heavy atom. The highest BCUT2D eigenvalue weighted by Crippen LogP contribution is 2.21. The molecule has 2 rings (SSSR count). The van der Waals surface area contributed by atoms with Crippen LogP contribution in [-0.2, 0) is 28.6 Å².